The third-order valence-corrected chi connectivity index (χ3v) is 16.9. The van der Waals surface area contributed by atoms with E-state index in [-0.39, 0.29) is 22.0 Å². The van der Waals surface area contributed by atoms with Crippen molar-refractivity contribution in [3.8, 4) is 0 Å². The summed E-state index contributed by atoms with van der Waals surface area (Å²) in [6.45, 7) is 25.1. The molecule has 1 aliphatic rings. The molecule has 0 radical (unpaired) electrons. The zero-order valence-corrected chi connectivity index (χ0v) is 24.7. The number of rotatable bonds is 8. The molecule has 2 unspecified atom stereocenters. The minimum absolute atomic E-state index is 0.0585. The molecule has 0 aromatic carbocycles. The molecule has 7 nitrogen and oxygen atoms in total. The average molecular weight is 498 g/mol. The van der Waals surface area contributed by atoms with Crippen molar-refractivity contribution in [2.24, 2.45) is 0 Å². The maximum Gasteiger partial charge on any atom is 0.351 e. The number of aromatic nitrogens is 2. The second-order valence-electron chi connectivity index (χ2n) is 12.6. The van der Waals surface area contributed by atoms with Gasteiger partial charge in [-0.05, 0) is 48.8 Å². The molecule has 1 aromatic heterocycles. The zero-order chi connectivity index (χ0) is 25.5. The van der Waals surface area contributed by atoms with Crippen LogP contribution in [-0.2, 0) is 13.6 Å². The second-order valence-corrected chi connectivity index (χ2v) is 22.1. The number of hydrogen-bond acceptors (Lipinski definition) is 6. The van der Waals surface area contributed by atoms with Crippen molar-refractivity contribution in [2.75, 3.05) is 12.3 Å². The molecule has 1 saturated heterocycles. The Labute approximate surface area is 202 Å². The van der Waals surface area contributed by atoms with Gasteiger partial charge in [-0.2, -0.15) is 4.98 Å². The van der Waals surface area contributed by atoms with Gasteiger partial charge in [0, 0.05) is 12.6 Å². The highest BCUT2D eigenvalue weighted by Gasteiger charge is 2.54. The molecule has 2 heterocycles. The van der Waals surface area contributed by atoms with Crippen molar-refractivity contribution in [3.63, 3.8) is 0 Å². The topological polar surface area (TPSA) is 88.6 Å². The fraction of sp³-hybridized carbons (Fsp3) is 0.833. The molecular formula is C24H47N3O4Si2. The number of nitrogen functional groups attached to an aromatic ring is 1. The molecule has 0 bridgehead atoms. The number of nitrogens with two attached hydrogens (primary N) is 1. The van der Waals surface area contributed by atoms with E-state index in [4.69, 9.17) is 19.3 Å². The van der Waals surface area contributed by atoms with E-state index < -0.39 is 34.2 Å². The molecule has 0 spiro atoms. The first kappa shape index (κ1) is 28.2. The molecular weight excluding hydrogens is 450 g/mol. The summed E-state index contributed by atoms with van der Waals surface area (Å²) >= 11 is 0. The number of anilines is 1. The van der Waals surface area contributed by atoms with Gasteiger partial charge in [-0.15, -0.1) is 0 Å². The van der Waals surface area contributed by atoms with E-state index in [9.17, 15) is 4.79 Å². The van der Waals surface area contributed by atoms with Crippen LogP contribution in [0.15, 0.2) is 17.1 Å². The summed E-state index contributed by atoms with van der Waals surface area (Å²) in [6, 6.07) is 1.64. The Hall–Kier alpha value is -1.01. The minimum atomic E-state index is -2.10. The standard InChI is InChI=1S/C24H47N3O4Si2/c1-12-14-24(17-29-32(8,9)22(2,3)4)18(31-33(10,11)23(5,6)7)16-20(30-24)27-15-13-19(25)26-21(27)28/h13,15,18,20H,12,14,16-17H2,1-11H3,(H2,25,26,28)/t18?,20-,24?/m1/s1. The van der Waals surface area contributed by atoms with E-state index in [0.717, 1.165) is 12.8 Å². The average Bonchev–Trinajstić information content (AvgIpc) is 2.96. The Balaban J connectivity index is 2.48. The van der Waals surface area contributed by atoms with E-state index in [0.29, 0.717) is 13.0 Å². The van der Waals surface area contributed by atoms with E-state index in [1.54, 1.807) is 16.8 Å². The van der Waals surface area contributed by atoms with Gasteiger partial charge >= 0.3 is 5.69 Å². The summed E-state index contributed by atoms with van der Waals surface area (Å²) in [5.74, 6) is 0.212. The van der Waals surface area contributed by atoms with E-state index >= 15 is 0 Å². The molecule has 3 atom stereocenters. The van der Waals surface area contributed by atoms with E-state index in [2.05, 4.69) is 79.6 Å². The maximum atomic E-state index is 12.6. The van der Waals surface area contributed by atoms with Gasteiger partial charge in [-0.1, -0.05) is 54.9 Å². The van der Waals surface area contributed by atoms with Crippen LogP contribution in [0.3, 0.4) is 0 Å². The van der Waals surface area contributed by atoms with Crippen LogP contribution in [0, 0.1) is 0 Å². The maximum absolute atomic E-state index is 12.6. The van der Waals surface area contributed by atoms with Crippen LogP contribution in [0.25, 0.3) is 0 Å². The lowest BCUT2D eigenvalue weighted by atomic mass is 9.92. The summed E-state index contributed by atoms with van der Waals surface area (Å²) in [4.78, 5) is 16.5. The number of hydrogen-bond donors (Lipinski definition) is 1. The number of ether oxygens (including phenoxy) is 1. The minimum Gasteiger partial charge on any atom is -0.414 e. The third-order valence-electron chi connectivity index (χ3n) is 7.93. The summed E-state index contributed by atoms with van der Waals surface area (Å²) < 4.78 is 22.0. The van der Waals surface area contributed by atoms with Gasteiger partial charge < -0.3 is 19.3 Å². The molecule has 2 N–H and O–H groups in total. The van der Waals surface area contributed by atoms with Crippen LogP contribution in [0.1, 0.15) is 74.0 Å². The van der Waals surface area contributed by atoms with Gasteiger partial charge in [0.15, 0.2) is 16.6 Å². The fourth-order valence-electron chi connectivity index (χ4n) is 3.66. The molecule has 33 heavy (non-hydrogen) atoms. The Bertz CT molecular complexity index is 874. The van der Waals surface area contributed by atoms with E-state index in [1.165, 1.54) is 0 Å². The predicted octanol–water partition coefficient (Wildman–Crippen LogP) is 5.70. The fourth-order valence-corrected chi connectivity index (χ4v) is 6.07. The molecule has 1 fully saturated rings. The molecule has 0 aliphatic carbocycles. The highest BCUT2D eigenvalue weighted by molar-refractivity contribution is 6.74. The second kappa shape index (κ2) is 9.56. The van der Waals surface area contributed by atoms with Crippen molar-refractivity contribution in [1.82, 2.24) is 9.55 Å². The Morgan fingerprint density at radius 3 is 2.21 bits per heavy atom. The van der Waals surface area contributed by atoms with Gasteiger partial charge in [0.25, 0.3) is 0 Å². The lowest BCUT2D eigenvalue weighted by Gasteiger charge is -2.45. The van der Waals surface area contributed by atoms with Crippen LogP contribution in [-0.4, -0.2) is 44.5 Å². The van der Waals surface area contributed by atoms with Gasteiger partial charge in [-0.3, -0.25) is 4.57 Å². The first-order valence-electron chi connectivity index (χ1n) is 12.2. The van der Waals surface area contributed by atoms with Crippen LogP contribution in [0.2, 0.25) is 36.3 Å². The highest BCUT2D eigenvalue weighted by atomic mass is 28.4. The number of nitrogens with zero attached hydrogens (tertiary/aromatic N) is 2. The van der Waals surface area contributed by atoms with Crippen LogP contribution in [0.4, 0.5) is 5.82 Å². The summed E-state index contributed by atoms with van der Waals surface area (Å²) in [5, 5.41) is 0.148. The van der Waals surface area contributed by atoms with Crippen molar-refractivity contribution in [3.05, 3.63) is 22.7 Å². The van der Waals surface area contributed by atoms with Crippen molar-refractivity contribution < 1.29 is 13.6 Å². The first-order valence-corrected chi connectivity index (χ1v) is 18.0. The summed E-state index contributed by atoms with van der Waals surface area (Å²) in [5.41, 5.74) is 4.70. The monoisotopic (exact) mass is 497 g/mol. The Morgan fingerprint density at radius 1 is 1.15 bits per heavy atom. The Morgan fingerprint density at radius 2 is 1.73 bits per heavy atom. The van der Waals surface area contributed by atoms with Crippen LogP contribution < -0.4 is 11.4 Å². The zero-order valence-electron chi connectivity index (χ0n) is 22.7. The molecule has 9 heteroatoms. The molecule has 0 saturated carbocycles. The van der Waals surface area contributed by atoms with Gasteiger partial charge in [0.05, 0.1) is 12.7 Å². The normalized spacial score (nSPS) is 24.9. The van der Waals surface area contributed by atoms with Crippen LogP contribution >= 0.6 is 0 Å². The quantitative estimate of drug-likeness (QED) is 0.464. The lowest BCUT2D eigenvalue weighted by molar-refractivity contribution is -0.127. The van der Waals surface area contributed by atoms with Crippen molar-refractivity contribution in [1.29, 1.82) is 0 Å². The smallest absolute Gasteiger partial charge is 0.351 e. The molecule has 0 amide bonds. The summed E-state index contributed by atoms with van der Waals surface area (Å²) in [6.07, 6.45) is 3.36. The van der Waals surface area contributed by atoms with Gasteiger partial charge in [0.1, 0.15) is 17.6 Å². The largest absolute Gasteiger partial charge is 0.414 e. The van der Waals surface area contributed by atoms with Crippen molar-refractivity contribution in [2.45, 2.75) is 122 Å². The summed E-state index contributed by atoms with van der Waals surface area (Å²) in [7, 11) is -4.11. The highest BCUT2D eigenvalue weighted by Crippen LogP contribution is 2.47. The van der Waals surface area contributed by atoms with Crippen LogP contribution in [0.5, 0.6) is 0 Å². The molecule has 190 valence electrons. The SMILES string of the molecule is CCCC1(CO[Si](C)(C)C(C)(C)C)O[C@@H](n2ccc(N)nc2=O)CC1O[Si](C)(C)C(C)(C)C. The first-order chi connectivity index (χ1) is 14.9. The van der Waals surface area contributed by atoms with E-state index in [1.807, 2.05) is 0 Å². The Kier molecular flexibility index (Phi) is 8.18. The predicted molar refractivity (Wildman–Crippen MR) is 141 cm³/mol. The molecule has 1 aromatic rings. The van der Waals surface area contributed by atoms with Crippen molar-refractivity contribution >= 4 is 22.5 Å². The lowest BCUT2D eigenvalue weighted by Crippen LogP contribution is -2.54. The molecule has 1 aliphatic heterocycles. The van der Waals surface area contributed by atoms with Gasteiger partial charge in [-0.25, -0.2) is 4.79 Å². The van der Waals surface area contributed by atoms with Gasteiger partial charge in [0.2, 0.25) is 0 Å². The third kappa shape index (κ3) is 6.17. The molecule has 2 rings (SSSR count).